The first-order valence-corrected chi connectivity index (χ1v) is 5.98. The van der Waals surface area contributed by atoms with Crippen molar-refractivity contribution in [3.05, 3.63) is 70.0 Å². The average molecular weight is 263 g/mol. The standard InChI is InChI=1S/C15H12ClFO/c1-10-2-4-11(5-3-10)15(18)8-12-6-7-13(17)9-14(12)16/h2-7,9H,8H2,1H3. The summed E-state index contributed by atoms with van der Waals surface area (Å²) in [5.41, 5.74) is 2.39. The van der Waals surface area contributed by atoms with Gasteiger partial charge in [-0.25, -0.2) is 4.39 Å². The molecule has 0 aliphatic rings. The molecule has 0 fully saturated rings. The van der Waals surface area contributed by atoms with E-state index in [0.29, 0.717) is 11.1 Å². The molecule has 2 rings (SSSR count). The Bertz CT molecular complexity index is 576. The molecule has 92 valence electrons. The number of benzene rings is 2. The molecule has 18 heavy (non-hydrogen) atoms. The number of hydrogen-bond acceptors (Lipinski definition) is 1. The first kappa shape index (κ1) is 12.8. The van der Waals surface area contributed by atoms with Crippen LogP contribution >= 0.6 is 11.6 Å². The lowest BCUT2D eigenvalue weighted by atomic mass is 10.0. The van der Waals surface area contributed by atoms with Crippen LogP contribution in [-0.2, 0) is 6.42 Å². The van der Waals surface area contributed by atoms with Crippen molar-refractivity contribution in [2.24, 2.45) is 0 Å². The Kier molecular flexibility index (Phi) is 3.78. The minimum Gasteiger partial charge on any atom is -0.294 e. The van der Waals surface area contributed by atoms with Crippen molar-refractivity contribution in [3.63, 3.8) is 0 Å². The van der Waals surface area contributed by atoms with Gasteiger partial charge in [-0.3, -0.25) is 4.79 Å². The van der Waals surface area contributed by atoms with Crippen LogP contribution < -0.4 is 0 Å². The van der Waals surface area contributed by atoms with Gasteiger partial charge in [-0.1, -0.05) is 47.5 Å². The molecular weight excluding hydrogens is 251 g/mol. The summed E-state index contributed by atoms with van der Waals surface area (Å²) in [6.07, 6.45) is 0.183. The predicted octanol–water partition coefficient (Wildman–Crippen LogP) is 4.21. The molecule has 0 heterocycles. The van der Waals surface area contributed by atoms with E-state index in [2.05, 4.69) is 0 Å². The Balaban J connectivity index is 2.18. The third kappa shape index (κ3) is 2.96. The maximum absolute atomic E-state index is 12.9. The van der Waals surface area contributed by atoms with Crippen molar-refractivity contribution in [2.75, 3.05) is 0 Å². The van der Waals surface area contributed by atoms with Crippen molar-refractivity contribution in [2.45, 2.75) is 13.3 Å². The lowest BCUT2D eigenvalue weighted by molar-refractivity contribution is 0.0993. The Hall–Kier alpha value is -1.67. The second kappa shape index (κ2) is 5.32. The monoisotopic (exact) mass is 262 g/mol. The van der Waals surface area contributed by atoms with E-state index < -0.39 is 5.82 Å². The largest absolute Gasteiger partial charge is 0.294 e. The summed E-state index contributed by atoms with van der Waals surface area (Å²) in [6.45, 7) is 1.96. The molecule has 2 aromatic rings. The van der Waals surface area contributed by atoms with Gasteiger partial charge in [0.1, 0.15) is 5.82 Å². The molecule has 0 aliphatic carbocycles. The van der Waals surface area contributed by atoms with Gasteiger partial charge in [-0.2, -0.15) is 0 Å². The normalized spacial score (nSPS) is 10.4. The van der Waals surface area contributed by atoms with Crippen LogP contribution in [0.1, 0.15) is 21.5 Å². The molecule has 0 unspecified atom stereocenters. The van der Waals surface area contributed by atoms with Crippen LogP contribution in [-0.4, -0.2) is 5.78 Å². The zero-order chi connectivity index (χ0) is 13.1. The first-order valence-electron chi connectivity index (χ1n) is 5.60. The van der Waals surface area contributed by atoms with Crippen LogP contribution in [0.2, 0.25) is 5.02 Å². The smallest absolute Gasteiger partial charge is 0.167 e. The Labute approximate surface area is 110 Å². The second-order valence-electron chi connectivity index (χ2n) is 4.20. The topological polar surface area (TPSA) is 17.1 Å². The highest BCUT2D eigenvalue weighted by Gasteiger charge is 2.10. The summed E-state index contributed by atoms with van der Waals surface area (Å²) in [5.74, 6) is -0.421. The number of aryl methyl sites for hydroxylation is 1. The fraction of sp³-hybridized carbons (Fsp3) is 0.133. The van der Waals surface area contributed by atoms with Crippen LogP contribution in [0.25, 0.3) is 0 Å². The van der Waals surface area contributed by atoms with Crippen molar-refractivity contribution in [3.8, 4) is 0 Å². The van der Waals surface area contributed by atoms with E-state index in [-0.39, 0.29) is 17.2 Å². The number of ketones is 1. The van der Waals surface area contributed by atoms with E-state index in [9.17, 15) is 9.18 Å². The number of carbonyl (C=O) groups is 1. The number of Topliss-reactive ketones (excluding diaryl/α,β-unsaturated/α-hetero) is 1. The molecule has 0 radical (unpaired) electrons. The highest BCUT2D eigenvalue weighted by atomic mass is 35.5. The van der Waals surface area contributed by atoms with E-state index >= 15 is 0 Å². The molecule has 1 nitrogen and oxygen atoms in total. The minimum atomic E-state index is -0.397. The molecule has 0 aromatic heterocycles. The lowest BCUT2D eigenvalue weighted by Gasteiger charge is -2.04. The molecule has 2 aromatic carbocycles. The molecule has 0 spiro atoms. The van der Waals surface area contributed by atoms with Gasteiger partial charge in [-0.05, 0) is 24.6 Å². The van der Waals surface area contributed by atoms with Gasteiger partial charge in [0, 0.05) is 17.0 Å². The zero-order valence-corrected chi connectivity index (χ0v) is 10.7. The number of rotatable bonds is 3. The molecule has 0 aliphatic heterocycles. The molecule has 0 saturated heterocycles. The SMILES string of the molecule is Cc1ccc(C(=O)Cc2ccc(F)cc2Cl)cc1. The highest BCUT2D eigenvalue weighted by Crippen LogP contribution is 2.19. The van der Waals surface area contributed by atoms with Gasteiger partial charge in [0.05, 0.1) is 0 Å². The number of hydrogen-bond donors (Lipinski definition) is 0. The van der Waals surface area contributed by atoms with Crippen molar-refractivity contribution in [1.82, 2.24) is 0 Å². The van der Waals surface area contributed by atoms with Gasteiger partial charge in [0.25, 0.3) is 0 Å². The van der Waals surface area contributed by atoms with Crippen molar-refractivity contribution in [1.29, 1.82) is 0 Å². The number of carbonyl (C=O) groups excluding carboxylic acids is 1. The summed E-state index contributed by atoms with van der Waals surface area (Å²) in [6, 6.07) is 11.4. The minimum absolute atomic E-state index is 0.0245. The average Bonchev–Trinajstić information content (AvgIpc) is 2.33. The molecule has 0 amide bonds. The van der Waals surface area contributed by atoms with Crippen molar-refractivity contribution >= 4 is 17.4 Å². The quantitative estimate of drug-likeness (QED) is 0.757. The third-order valence-corrected chi connectivity index (χ3v) is 3.09. The fourth-order valence-corrected chi connectivity index (χ4v) is 1.91. The van der Waals surface area contributed by atoms with E-state index in [4.69, 9.17) is 11.6 Å². The fourth-order valence-electron chi connectivity index (χ4n) is 1.68. The van der Waals surface area contributed by atoms with Gasteiger partial charge in [-0.15, -0.1) is 0 Å². The molecule has 0 atom stereocenters. The second-order valence-corrected chi connectivity index (χ2v) is 4.61. The van der Waals surface area contributed by atoms with Gasteiger partial charge < -0.3 is 0 Å². The van der Waals surface area contributed by atoms with Crippen LogP contribution in [0.15, 0.2) is 42.5 Å². The van der Waals surface area contributed by atoms with E-state index in [1.54, 1.807) is 18.2 Å². The van der Waals surface area contributed by atoms with Crippen molar-refractivity contribution < 1.29 is 9.18 Å². The summed E-state index contributed by atoms with van der Waals surface area (Å²) in [7, 11) is 0. The zero-order valence-electron chi connectivity index (χ0n) is 9.91. The molecule has 0 N–H and O–H groups in total. The Morgan fingerprint density at radius 3 is 2.44 bits per heavy atom. The molecular formula is C15H12ClFO. The maximum atomic E-state index is 12.9. The molecule has 3 heteroatoms. The van der Waals surface area contributed by atoms with E-state index in [1.807, 2.05) is 19.1 Å². The third-order valence-electron chi connectivity index (χ3n) is 2.74. The van der Waals surface area contributed by atoms with Crippen LogP contribution in [0, 0.1) is 12.7 Å². The van der Waals surface area contributed by atoms with Crippen LogP contribution in [0.5, 0.6) is 0 Å². The predicted molar refractivity (Wildman–Crippen MR) is 70.6 cm³/mol. The molecule has 0 bridgehead atoms. The van der Waals surface area contributed by atoms with Gasteiger partial charge >= 0.3 is 0 Å². The van der Waals surface area contributed by atoms with Crippen LogP contribution in [0.4, 0.5) is 4.39 Å². The molecule has 0 saturated carbocycles. The summed E-state index contributed by atoms with van der Waals surface area (Å²) in [4.78, 5) is 12.0. The maximum Gasteiger partial charge on any atom is 0.167 e. The van der Waals surface area contributed by atoms with Crippen LogP contribution in [0.3, 0.4) is 0 Å². The van der Waals surface area contributed by atoms with Gasteiger partial charge in [0.2, 0.25) is 0 Å². The highest BCUT2D eigenvalue weighted by molar-refractivity contribution is 6.31. The number of halogens is 2. The lowest BCUT2D eigenvalue weighted by Crippen LogP contribution is -2.04. The van der Waals surface area contributed by atoms with E-state index in [0.717, 1.165) is 5.56 Å². The Morgan fingerprint density at radius 2 is 1.83 bits per heavy atom. The summed E-state index contributed by atoms with van der Waals surface area (Å²) in [5, 5.41) is 0.287. The van der Waals surface area contributed by atoms with Gasteiger partial charge in [0.15, 0.2) is 5.78 Å². The van der Waals surface area contributed by atoms with E-state index in [1.165, 1.54) is 12.1 Å². The summed E-state index contributed by atoms with van der Waals surface area (Å²) >= 11 is 5.89. The first-order chi connectivity index (χ1) is 8.56. The Morgan fingerprint density at radius 1 is 1.17 bits per heavy atom. The summed E-state index contributed by atoms with van der Waals surface area (Å²) < 4.78 is 12.9.